The maximum Gasteiger partial charge on any atom is 0.0673 e. The quantitative estimate of drug-likeness (QED) is 0.548. The van der Waals surface area contributed by atoms with Gasteiger partial charge >= 0.3 is 0 Å². The van der Waals surface area contributed by atoms with Gasteiger partial charge in [0.25, 0.3) is 0 Å². The second kappa shape index (κ2) is 10.4. The van der Waals surface area contributed by atoms with Crippen molar-refractivity contribution < 1.29 is 10.2 Å². The van der Waals surface area contributed by atoms with Gasteiger partial charge in [0.1, 0.15) is 0 Å². The Balaban J connectivity index is 0. The van der Waals surface area contributed by atoms with Gasteiger partial charge in [-0.15, -0.1) is 9.24 Å². The van der Waals surface area contributed by atoms with E-state index < -0.39 is 0 Å². The van der Waals surface area contributed by atoms with Gasteiger partial charge in [0, 0.05) is 7.11 Å². The molecule has 0 spiro atoms. The second-order valence-electron chi connectivity index (χ2n) is 1.36. The summed E-state index contributed by atoms with van der Waals surface area (Å²) in [6.45, 7) is 2.05. The Kier molecular flexibility index (Phi) is 14.5. The summed E-state index contributed by atoms with van der Waals surface area (Å²) < 4.78 is 0. The molecule has 0 aliphatic heterocycles. The Morgan fingerprint density at radius 3 is 1.88 bits per heavy atom. The van der Waals surface area contributed by atoms with E-state index in [-0.39, 0.29) is 5.85 Å². The molecule has 0 bridgehead atoms. The topological polar surface area (TPSA) is 40.5 Å². The zero-order chi connectivity index (χ0) is 6.99. The molecular formula is C5H15O2P. The Morgan fingerprint density at radius 1 is 1.50 bits per heavy atom. The highest BCUT2D eigenvalue weighted by molar-refractivity contribution is 7.17. The maximum absolute atomic E-state index is 8.52. The molecule has 0 fully saturated rings. The molecule has 0 aliphatic rings. The third kappa shape index (κ3) is 16.2. The summed E-state index contributed by atoms with van der Waals surface area (Å²) in [5.41, 5.74) is 0. The fourth-order valence-corrected chi connectivity index (χ4v) is 0.629. The van der Waals surface area contributed by atoms with Gasteiger partial charge < -0.3 is 10.2 Å². The van der Waals surface area contributed by atoms with E-state index in [0.29, 0.717) is 0 Å². The lowest BCUT2D eigenvalue weighted by Gasteiger charge is -1.95. The highest BCUT2D eigenvalue weighted by atomic mass is 31.0. The van der Waals surface area contributed by atoms with Crippen molar-refractivity contribution in [1.82, 2.24) is 0 Å². The van der Waals surface area contributed by atoms with Crippen molar-refractivity contribution in [3.05, 3.63) is 0 Å². The Labute approximate surface area is 53.1 Å². The molecule has 2 unspecified atom stereocenters. The molecule has 2 N–H and O–H groups in total. The molecule has 0 amide bonds. The van der Waals surface area contributed by atoms with Crippen molar-refractivity contribution >= 4 is 9.24 Å². The van der Waals surface area contributed by atoms with Crippen molar-refractivity contribution in [2.75, 3.05) is 7.11 Å². The summed E-state index contributed by atoms with van der Waals surface area (Å²) in [6.07, 6.45) is 1.95. The van der Waals surface area contributed by atoms with Crippen LogP contribution in [0.2, 0.25) is 0 Å². The van der Waals surface area contributed by atoms with Crippen LogP contribution in [0.3, 0.4) is 0 Å². The average Bonchev–Trinajstić information content (AvgIpc) is 1.72. The first-order chi connectivity index (χ1) is 3.77. The van der Waals surface area contributed by atoms with Crippen molar-refractivity contribution in [3.63, 3.8) is 0 Å². The van der Waals surface area contributed by atoms with Crippen LogP contribution in [0.25, 0.3) is 0 Å². The summed E-state index contributed by atoms with van der Waals surface area (Å²) in [5.74, 6) is -0.185. The summed E-state index contributed by atoms with van der Waals surface area (Å²) >= 11 is 0. The van der Waals surface area contributed by atoms with Crippen molar-refractivity contribution in [2.45, 2.75) is 25.6 Å². The van der Waals surface area contributed by atoms with Gasteiger partial charge in [-0.25, -0.2) is 0 Å². The van der Waals surface area contributed by atoms with E-state index in [1.54, 1.807) is 0 Å². The number of hydrogen-bond donors (Lipinski definition) is 2. The normalized spacial score (nSPS) is 11.6. The first kappa shape index (κ1) is 11.2. The molecule has 2 nitrogen and oxygen atoms in total. The Hall–Kier alpha value is 0.350. The maximum atomic E-state index is 8.52. The highest BCUT2D eigenvalue weighted by Crippen LogP contribution is 2.01. The van der Waals surface area contributed by atoms with Gasteiger partial charge in [0.2, 0.25) is 0 Å². The molecule has 0 radical (unpaired) electrons. The van der Waals surface area contributed by atoms with Gasteiger partial charge in [-0.05, 0) is 6.42 Å². The van der Waals surface area contributed by atoms with E-state index in [4.69, 9.17) is 10.2 Å². The van der Waals surface area contributed by atoms with Gasteiger partial charge in [-0.3, -0.25) is 0 Å². The van der Waals surface area contributed by atoms with Gasteiger partial charge in [-0.2, -0.15) is 0 Å². The van der Waals surface area contributed by atoms with E-state index in [1.807, 2.05) is 6.92 Å². The van der Waals surface area contributed by atoms with Crippen LogP contribution in [-0.4, -0.2) is 23.2 Å². The first-order valence-corrected chi connectivity index (χ1v) is 3.32. The second-order valence-corrected chi connectivity index (χ2v) is 2.13. The molecule has 52 valence electrons. The highest BCUT2D eigenvalue weighted by Gasteiger charge is 1.87. The van der Waals surface area contributed by atoms with Gasteiger partial charge in [0.05, 0.1) is 5.85 Å². The van der Waals surface area contributed by atoms with E-state index >= 15 is 0 Å². The molecule has 0 aromatic heterocycles. The van der Waals surface area contributed by atoms with Crippen molar-refractivity contribution in [2.24, 2.45) is 0 Å². The van der Waals surface area contributed by atoms with Gasteiger partial charge in [-0.1, -0.05) is 13.3 Å². The molecule has 0 heterocycles. The van der Waals surface area contributed by atoms with Crippen LogP contribution in [0.4, 0.5) is 0 Å². The molecule has 0 aromatic carbocycles. The fraction of sp³-hybridized carbons (Fsp3) is 1.00. The minimum absolute atomic E-state index is 0.185. The SMILES string of the molecule is CCCC(O)P.CO. The molecule has 0 saturated heterocycles. The van der Waals surface area contributed by atoms with Crippen LogP contribution in [0.15, 0.2) is 0 Å². The number of aliphatic hydroxyl groups excluding tert-OH is 2. The van der Waals surface area contributed by atoms with E-state index in [1.165, 1.54) is 0 Å². The summed E-state index contributed by atoms with van der Waals surface area (Å²) in [5, 5.41) is 15.5. The van der Waals surface area contributed by atoms with Crippen LogP contribution in [0, 0.1) is 0 Å². The third-order valence-electron chi connectivity index (χ3n) is 0.584. The fourth-order valence-electron chi connectivity index (χ4n) is 0.296. The van der Waals surface area contributed by atoms with Crippen LogP contribution < -0.4 is 0 Å². The first-order valence-electron chi connectivity index (χ1n) is 2.65. The molecule has 0 aromatic rings. The molecule has 0 saturated carbocycles. The predicted octanol–water partition coefficient (Wildman–Crippen LogP) is 0.588. The molecule has 8 heavy (non-hydrogen) atoms. The lowest BCUT2D eigenvalue weighted by molar-refractivity contribution is 0.251. The van der Waals surface area contributed by atoms with Crippen LogP contribution in [0.1, 0.15) is 19.8 Å². The number of rotatable bonds is 2. The van der Waals surface area contributed by atoms with Crippen LogP contribution >= 0.6 is 9.24 Å². The smallest absolute Gasteiger partial charge is 0.0673 e. The minimum Gasteiger partial charge on any atom is -0.400 e. The van der Waals surface area contributed by atoms with E-state index in [0.717, 1.165) is 20.0 Å². The molecule has 0 rings (SSSR count). The Morgan fingerprint density at radius 2 is 1.88 bits per heavy atom. The zero-order valence-electron chi connectivity index (χ0n) is 5.46. The molecule has 0 aliphatic carbocycles. The van der Waals surface area contributed by atoms with E-state index in [2.05, 4.69) is 9.24 Å². The lowest BCUT2D eigenvalue weighted by Crippen LogP contribution is -1.90. The largest absolute Gasteiger partial charge is 0.400 e. The lowest BCUT2D eigenvalue weighted by atomic mass is 10.4. The summed E-state index contributed by atoms with van der Waals surface area (Å²) in [7, 11) is 3.33. The standard InChI is InChI=1S/C4H11OP.CH4O/c1-2-3-4(5)6;1-2/h4-5H,2-3,6H2,1H3;2H,1H3. The Bertz CT molecular complexity index is 31.6. The molecular weight excluding hydrogens is 123 g/mol. The molecule has 2 atom stereocenters. The zero-order valence-corrected chi connectivity index (χ0v) is 6.62. The summed E-state index contributed by atoms with van der Waals surface area (Å²) in [4.78, 5) is 0. The minimum atomic E-state index is -0.185. The van der Waals surface area contributed by atoms with E-state index in [9.17, 15) is 0 Å². The predicted molar refractivity (Wildman–Crippen MR) is 38.8 cm³/mol. The van der Waals surface area contributed by atoms with Crippen molar-refractivity contribution in [3.8, 4) is 0 Å². The average molecular weight is 138 g/mol. The van der Waals surface area contributed by atoms with Gasteiger partial charge in [0.15, 0.2) is 0 Å². The summed E-state index contributed by atoms with van der Waals surface area (Å²) in [6, 6.07) is 0. The molecule has 3 heteroatoms. The van der Waals surface area contributed by atoms with Crippen molar-refractivity contribution in [1.29, 1.82) is 0 Å². The van der Waals surface area contributed by atoms with Crippen LogP contribution in [0.5, 0.6) is 0 Å². The van der Waals surface area contributed by atoms with Crippen LogP contribution in [-0.2, 0) is 0 Å². The monoisotopic (exact) mass is 138 g/mol. The number of hydrogen-bond acceptors (Lipinski definition) is 2. The third-order valence-corrected chi connectivity index (χ3v) is 0.918. The number of aliphatic hydroxyl groups is 2.